The lowest BCUT2D eigenvalue weighted by Crippen LogP contribution is -2.71. The summed E-state index contributed by atoms with van der Waals surface area (Å²) >= 11 is 0. The zero-order chi connectivity index (χ0) is 18.4. The van der Waals surface area contributed by atoms with Gasteiger partial charge in [-0.3, -0.25) is 9.59 Å². The van der Waals surface area contributed by atoms with Crippen LogP contribution < -0.4 is 0 Å². The largest absolute Gasteiger partial charge is 0.481 e. The molecule has 5 heteroatoms. The zero-order valence-corrected chi connectivity index (χ0v) is 15.4. The van der Waals surface area contributed by atoms with Crippen LogP contribution in [0, 0.1) is 34.0 Å². The Labute approximate surface area is 148 Å². The maximum atomic E-state index is 13.2. The number of Topliss-reactive ketones (excluding diaryl/α,β-unsaturated/α-hetero) is 1. The smallest absolute Gasteiger partial charge is 0.309 e. The SMILES string of the molecule is C[C@H]1C(=O)[C@@]23CC[C@@H]4[C@](C)(C(=O)O)CCC[C@@]4(C)[C@]2(O)C[C@@H](O)[C@@H]1C3. The third kappa shape index (κ3) is 1.72. The number of hydrogen-bond acceptors (Lipinski definition) is 4. The number of rotatable bonds is 1. The number of carbonyl (C=O) groups is 2. The molecule has 25 heavy (non-hydrogen) atoms. The van der Waals surface area contributed by atoms with Crippen molar-refractivity contribution in [3.8, 4) is 0 Å². The number of aliphatic hydroxyl groups excluding tert-OH is 1. The molecule has 4 saturated carbocycles. The number of carbonyl (C=O) groups excluding carboxylic acids is 1. The summed E-state index contributed by atoms with van der Waals surface area (Å²) in [5.74, 6) is -1.17. The standard InChI is InChI=1S/C20H30O5/c1-11-12-9-19(15(11)22)8-5-14-17(2,16(23)24)6-4-7-18(14,3)20(19,25)10-13(12)21/h11-14,21,25H,4-10H2,1-3H3,(H,23,24)/t11-,12-,13-,14-,17-,18-,19+,20-/m1/s1. The van der Waals surface area contributed by atoms with Crippen LogP contribution in [0.4, 0.5) is 0 Å². The van der Waals surface area contributed by atoms with Crippen LogP contribution in [0.2, 0.25) is 0 Å². The summed E-state index contributed by atoms with van der Waals surface area (Å²) in [7, 11) is 0. The minimum Gasteiger partial charge on any atom is -0.481 e. The number of ketones is 1. The maximum Gasteiger partial charge on any atom is 0.309 e. The molecule has 0 unspecified atom stereocenters. The molecule has 4 aliphatic rings. The molecule has 0 radical (unpaired) electrons. The first-order valence-corrected chi connectivity index (χ1v) is 9.72. The first-order chi connectivity index (χ1) is 11.5. The van der Waals surface area contributed by atoms with Crippen LogP contribution in [-0.4, -0.2) is 38.8 Å². The van der Waals surface area contributed by atoms with Gasteiger partial charge in [0, 0.05) is 17.8 Å². The fourth-order valence-electron chi connectivity index (χ4n) is 7.67. The number of carboxylic acid groups (broad SMARTS) is 1. The summed E-state index contributed by atoms with van der Waals surface area (Å²) in [6.45, 7) is 5.68. The molecule has 3 N–H and O–H groups in total. The molecule has 0 amide bonds. The Morgan fingerprint density at radius 3 is 2.48 bits per heavy atom. The second-order valence-electron chi connectivity index (χ2n) is 9.82. The predicted molar refractivity (Wildman–Crippen MR) is 90.7 cm³/mol. The molecule has 0 aromatic carbocycles. The Morgan fingerprint density at radius 2 is 1.84 bits per heavy atom. The summed E-state index contributed by atoms with van der Waals surface area (Å²) in [5, 5.41) is 32.6. The van der Waals surface area contributed by atoms with E-state index in [1.54, 1.807) is 6.92 Å². The molecule has 5 nitrogen and oxygen atoms in total. The quantitative estimate of drug-likeness (QED) is 0.675. The van der Waals surface area contributed by atoms with Gasteiger partial charge in [-0.25, -0.2) is 0 Å². The Balaban J connectivity index is 1.87. The van der Waals surface area contributed by atoms with Crippen molar-refractivity contribution in [3.05, 3.63) is 0 Å². The van der Waals surface area contributed by atoms with Crippen LogP contribution in [0.25, 0.3) is 0 Å². The van der Waals surface area contributed by atoms with Gasteiger partial charge < -0.3 is 15.3 Å². The molecule has 0 aromatic rings. The second kappa shape index (κ2) is 4.86. The van der Waals surface area contributed by atoms with E-state index in [0.29, 0.717) is 25.7 Å². The van der Waals surface area contributed by atoms with Crippen molar-refractivity contribution in [2.24, 2.45) is 34.0 Å². The Bertz CT molecular complexity index is 646. The molecule has 0 aromatic heterocycles. The van der Waals surface area contributed by atoms with Crippen LogP contribution in [-0.2, 0) is 9.59 Å². The van der Waals surface area contributed by atoms with Crippen molar-refractivity contribution >= 4 is 11.8 Å². The van der Waals surface area contributed by atoms with Gasteiger partial charge in [0.25, 0.3) is 0 Å². The van der Waals surface area contributed by atoms with E-state index in [4.69, 9.17) is 0 Å². The van der Waals surface area contributed by atoms with Gasteiger partial charge in [0.05, 0.1) is 22.5 Å². The van der Waals surface area contributed by atoms with E-state index in [1.807, 2.05) is 13.8 Å². The van der Waals surface area contributed by atoms with Crippen molar-refractivity contribution in [3.63, 3.8) is 0 Å². The summed E-state index contributed by atoms with van der Waals surface area (Å²) < 4.78 is 0. The highest BCUT2D eigenvalue weighted by Crippen LogP contribution is 2.72. The zero-order valence-electron chi connectivity index (χ0n) is 15.4. The number of aliphatic hydroxyl groups is 2. The van der Waals surface area contributed by atoms with Gasteiger partial charge in [-0.2, -0.15) is 0 Å². The lowest BCUT2D eigenvalue weighted by molar-refractivity contribution is -0.266. The number of aliphatic carboxylic acids is 1. The molecule has 8 atom stereocenters. The molecule has 4 rings (SSSR count). The lowest BCUT2D eigenvalue weighted by atomic mass is 9.38. The topological polar surface area (TPSA) is 94.8 Å². The third-order valence-electron chi connectivity index (χ3n) is 9.13. The highest BCUT2D eigenvalue weighted by atomic mass is 16.4. The van der Waals surface area contributed by atoms with Gasteiger partial charge in [-0.15, -0.1) is 0 Å². The summed E-state index contributed by atoms with van der Waals surface area (Å²) in [4.78, 5) is 25.3. The number of fused-ring (bicyclic) bond motifs is 3. The number of carboxylic acids is 1. The van der Waals surface area contributed by atoms with E-state index < -0.39 is 33.9 Å². The van der Waals surface area contributed by atoms with E-state index in [2.05, 4.69) is 0 Å². The van der Waals surface area contributed by atoms with Crippen LogP contribution in [0.1, 0.15) is 65.7 Å². The summed E-state index contributed by atoms with van der Waals surface area (Å²) in [6, 6.07) is 0. The highest BCUT2D eigenvalue weighted by molar-refractivity contribution is 5.91. The van der Waals surface area contributed by atoms with Gasteiger partial charge in [-0.05, 0) is 50.9 Å². The molecule has 140 valence electrons. The van der Waals surface area contributed by atoms with Crippen LogP contribution >= 0.6 is 0 Å². The molecular weight excluding hydrogens is 320 g/mol. The molecule has 0 saturated heterocycles. The van der Waals surface area contributed by atoms with Crippen molar-refractivity contribution in [1.29, 1.82) is 0 Å². The van der Waals surface area contributed by atoms with Gasteiger partial charge in [-0.1, -0.05) is 20.3 Å². The Morgan fingerprint density at radius 1 is 1.16 bits per heavy atom. The molecule has 1 spiro atoms. The molecule has 2 bridgehead atoms. The molecule has 4 aliphatic carbocycles. The Hall–Kier alpha value is -0.940. The first kappa shape index (κ1) is 17.5. The van der Waals surface area contributed by atoms with Gasteiger partial charge in [0.1, 0.15) is 5.78 Å². The van der Waals surface area contributed by atoms with E-state index in [0.717, 1.165) is 12.8 Å². The van der Waals surface area contributed by atoms with Crippen molar-refractivity contribution in [1.82, 2.24) is 0 Å². The monoisotopic (exact) mass is 350 g/mol. The van der Waals surface area contributed by atoms with E-state index >= 15 is 0 Å². The minimum absolute atomic E-state index is 0.0672. The summed E-state index contributed by atoms with van der Waals surface area (Å²) in [6.07, 6.45) is 3.36. The predicted octanol–water partition coefficient (Wildman–Crippen LogP) is 2.38. The molecule has 0 aliphatic heterocycles. The van der Waals surface area contributed by atoms with E-state index in [-0.39, 0.29) is 30.0 Å². The minimum atomic E-state index is -1.31. The average molecular weight is 350 g/mol. The van der Waals surface area contributed by atoms with Crippen molar-refractivity contribution in [2.75, 3.05) is 0 Å². The molecule has 0 heterocycles. The van der Waals surface area contributed by atoms with E-state index in [9.17, 15) is 24.9 Å². The van der Waals surface area contributed by atoms with Gasteiger partial charge >= 0.3 is 5.97 Å². The highest BCUT2D eigenvalue weighted by Gasteiger charge is 2.76. The van der Waals surface area contributed by atoms with Crippen LogP contribution in [0.3, 0.4) is 0 Å². The fourth-order valence-corrected chi connectivity index (χ4v) is 7.67. The van der Waals surface area contributed by atoms with E-state index in [1.165, 1.54) is 0 Å². The van der Waals surface area contributed by atoms with Crippen molar-refractivity contribution < 1.29 is 24.9 Å². The molecule has 4 fully saturated rings. The second-order valence-corrected chi connectivity index (χ2v) is 9.82. The van der Waals surface area contributed by atoms with Crippen LogP contribution in [0.15, 0.2) is 0 Å². The van der Waals surface area contributed by atoms with Crippen molar-refractivity contribution in [2.45, 2.75) is 77.4 Å². The fraction of sp³-hybridized carbons (Fsp3) is 0.900. The molecular formula is C20H30O5. The Kier molecular flexibility index (Phi) is 3.40. The average Bonchev–Trinajstić information content (AvgIpc) is 2.76. The van der Waals surface area contributed by atoms with Crippen LogP contribution in [0.5, 0.6) is 0 Å². The maximum absolute atomic E-state index is 13.2. The normalized spacial score (nSPS) is 57.7. The van der Waals surface area contributed by atoms with Gasteiger partial charge in [0.2, 0.25) is 0 Å². The summed E-state index contributed by atoms with van der Waals surface area (Å²) in [5.41, 5.74) is -3.63. The number of hydrogen-bond donors (Lipinski definition) is 3. The first-order valence-electron chi connectivity index (χ1n) is 9.72. The third-order valence-corrected chi connectivity index (χ3v) is 9.13. The van der Waals surface area contributed by atoms with Gasteiger partial charge in [0.15, 0.2) is 0 Å². The lowest BCUT2D eigenvalue weighted by Gasteiger charge is -2.67.